The van der Waals surface area contributed by atoms with Gasteiger partial charge in [0.05, 0.1) is 24.2 Å². The SMILES string of the molecule is C=CCOc1c(OC)cc(C=Nn2c(-c3cc4ccccc4o3)nc3ccccc3c2=O)c(Br)c1Cl. The molecule has 0 fully saturated rings. The van der Waals surface area contributed by atoms with E-state index in [-0.39, 0.29) is 18.0 Å². The van der Waals surface area contributed by atoms with E-state index in [1.54, 1.807) is 30.3 Å². The first-order chi connectivity index (χ1) is 17.5. The van der Waals surface area contributed by atoms with E-state index in [2.05, 4.69) is 27.6 Å². The van der Waals surface area contributed by atoms with E-state index in [4.69, 9.17) is 30.5 Å². The molecule has 0 atom stereocenters. The molecule has 0 unspecified atom stereocenters. The number of hydrogen-bond acceptors (Lipinski definition) is 6. The summed E-state index contributed by atoms with van der Waals surface area (Å²) in [4.78, 5) is 18.2. The van der Waals surface area contributed by atoms with Crippen LogP contribution in [0.3, 0.4) is 0 Å². The largest absolute Gasteiger partial charge is 0.493 e. The van der Waals surface area contributed by atoms with E-state index in [9.17, 15) is 4.79 Å². The van der Waals surface area contributed by atoms with Gasteiger partial charge in [0.2, 0.25) is 5.82 Å². The number of rotatable bonds is 7. The molecule has 5 rings (SSSR count). The lowest BCUT2D eigenvalue weighted by Crippen LogP contribution is -2.20. The molecule has 7 nitrogen and oxygen atoms in total. The van der Waals surface area contributed by atoms with Gasteiger partial charge in [0, 0.05) is 15.4 Å². The number of methoxy groups -OCH3 is 1. The molecule has 3 aromatic carbocycles. The van der Waals surface area contributed by atoms with Crippen molar-refractivity contribution in [2.45, 2.75) is 0 Å². The standard InChI is InChI=1S/C27H19BrClN3O4/c1-3-12-35-25-21(34-2)14-17(23(28)24(25)29)15-30-32-26(22-13-16-8-4-7-11-20(16)36-22)31-19-10-6-5-9-18(19)27(32)33/h3-11,13-15H,1,12H2,2H3. The van der Waals surface area contributed by atoms with Crippen LogP contribution in [0.4, 0.5) is 0 Å². The van der Waals surface area contributed by atoms with Crippen LogP contribution in [0.5, 0.6) is 11.5 Å². The summed E-state index contributed by atoms with van der Waals surface area (Å²) >= 11 is 10.0. The van der Waals surface area contributed by atoms with Crippen molar-refractivity contribution in [3.05, 3.63) is 98.7 Å². The first-order valence-electron chi connectivity index (χ1n) is 10.9. The predicted molar refractivity (Wildman–Crippen MR) is 146 cm³/mol. The molecule has 0 amide bonds. The third-order valence-corrected chi connectivity index (χ3v) is 6.88. The van der Waals surface area contributed by atoms with Gasteiger partial charge in [0.25, 0.3) is 5.56 Å². The normalized spacial score (nSPS) is 11.4. The van der Waals surface area contributed by atoms with Gasteiger partial charge in [-0.2, -0.15) is 9.78 Å². The van der Waals surface area contributed by atoms with Crippen LogP contribution in [0.15, 0.2) is 92.1 Å². The minimum atomic E-state index is -0.340. The van der Waals surface area contributed by atoms with Crippen molar-refractivity contribution in [3.63, 3.8) is 0 Å². The third-order valence-electron chi connectivity index (χ3n) is 5.43. The number of fused-ring (bicyclic) bond motifs is 2. The molecular weight excluding hydrogens is 546 g/mol. The Morgan fingerprint density at radius 1 is 1.19 bits per heavy atom. The molecule has 5 aromatic rings. The van der Waals surface area contributed by atoms with Crippen molar-refractivity contribution in [1.29, 1.82) is 0 Å². The van der Waals surface area contributed by atoms with Crippen LogP contribution >= 0.6 is 27.5 Å². The summed E-state index contributed by atoms with van der Waals surface area (Å²) in [6, 6.07) is 18.2. The molecule has 0 aliphatic heterocycles. The minimum absolute atomic E-state index is 0.259. The zero-order chi connectivity index (χ0) is 25.2. The van der Waals surface area contributed by atoms with Crippen LogP contribution < -0.4 is 15.0 Å². The number of para-hydroxylation sites is 2. The average Bonchev–Trinajstić information content (AvgIpc) is 3.34. The molecule has 0 aliphatic rings. The second kappa shape index (κ2) is 10.0. The number of aromatic nitrogens is 2. The highest BCUT2D eigenvalue weighted by Crippen LogP contribution is 2.42. The third kappa shape index (κ3) is 4.29. The summed E-state index contributed by atoms with van der Waals surface area (Å²) in [5, 5.41) is 6.12. The highest BCUT2D eigenvalue weighted by molar-refractivity contribution is 9.10. The first kappa shape index (κ1) is 23.8. The summed E-state index contributed by atoms with van der Waals surface area (Å²) in [5.74, 6) is 1.47. The topological polar surface area (TPSA) is 78.8 Å². The van der Waals surface area contributed by atoms with Gasteiger partial charge >= 0.3 is 0 Å². The van der Waals surface area contributed by atoms with Gasteiger partial charge in [-0.05, 0) is 46.3 Å². The number of nitrogens with zero attached hydrogens (tertiary/aromatic N) is 3. The maximum Gasteiger partial charge on any atom is 0.282 e. The molecule has 9 heteroatoms. The van der Waals surface area contributed by atoms with Gasteiger partial charge in [0.1, 0.15) is 17.2 Å². The summed E-state index contributed by atoms with van der Waals surface area (Å²) in [6.07, 6.45) is 3.11. The van der Waals surface area contributed by atoms with Gasteiger partial charge in [0.15, 0.2) is 17.3 Å². The maximum absolute atomic E-state index is 13.5. The van der Waals surface area contributed by atoms with Crippen LogP contribution in [-0.4, -0.2) is 29.6 Å². The summed E-state index contributed by atoms with van der Waals surface area (Å²) in [5.41, 5.74) is 1.45. The van der Waals surface area contributed by atoms with Gasteiger partial charge in [-0.1, -0.05) is 54.6 Å². The summed E-state index contributed by atoms with van der Waals surface area (Å²) < 4.78 is 18.9. The second-order valence-corrected chi connectivity index (χ2v) is 8.86. The van der Waals surface area contributed by atoms with E-state index >= 15 is 0 Å². The minimum Gasteiger partial charge on any atom is -0.493 e. The Morgan fingerprint density at radius 3 is 2.75 bits per heavy atom. The van der Waals surface area contributed by atoms with E-state index in [1.807, 2.05) is 36.4 Å². The lowest BCUT2D eigenvalue weighted by Gasteiger charge is -2.14. The Bertz CT molecular complexity index is 1670. The van der Waals surface area contributed by atoms with E-state index in [1.165, 1.54) is 18.0 Å². The number of hydrogen-bond donors (Lipinski definition) is 0. The fourth-order valence-electron chi connectivity index (χ4n) is 3.73. The molecular formula is C27H19BrClN3O4. The molecule has 0 spiro atoms. The number of halogens is 2. The van der Waals surface area contributed by atoms with Crippen LogP contribution in [0.2, 0.25) is 5.02 Å². The van der Waals surface area contributed by atoms with Gasteiger partial charge in [-0.15, -0.1) is 0 Å². The van der Waals surface area contributed by atoms with Crippen molar-refractivity contribution in [3.8, 4) is 23.1 Å². The van der Waals surface area contributed by atoms with E-state index in [0.29, 0.717) is 48.8 Å². The van der Waals surface area contributed by atoms with Crippen molar-refractivity contribution in [2.75, 3.05) is 13.7 Å². The second-order valence-electron chi connectivity index (χ2n) is 7.69. The Morgan fingerprint density at radius 2 is 1.97 bits per heavy atom. The number of benzene rings is 3. The Hall–Kier alpha value is -3.88. The number of furan rings is 1. The quantitative estimate of drug-likeness (QED) is 0.163. The Balaban J connectivity index is 1.68. The number of ether oxygens (including phenoxy) is 2. The van der Waals surface area contributed by atoms with Gasteiger partial charge in [-0.3, -0.25) is 4.79 Å². The molecule has 0 N–H and O–H groups in total. The molecule has 36 heavy (non-hydrogen) atoms. The summed E-state index contributed by atoms with van der Waals surface area (Å²) in [6.45, 7) is 3.91. The first-order valence-corrected chi connectivity index (χ1v) is 12.0. The fraction of sp³-hybridized carbons (Fsp3) is 0.0741. The molecule has 2 aromatic heterocycles. The van der Waals surface area contributed by atoms with E-state index < -0.39 is 0 Å². The molecule has 0 saturated carbocycles. The maximum atomic E-state index is 13.5. The summed E-state index contributed by atoms with van der Waals surface area (Å²) in [7, 11) is 1.51. The van der Waals surface area contributed by atoms with Crippen LogP contribution in [0, 0.1) is 0 Å². The average molecular weight is 565 g/mol. The molecule has 0 radical (unpaired) electrons. The van der Waals surface area contributed by atoms with Crippen LogP contribution in [0.1, 0.15) is 5.56 Å². The molecule has 0 saturated heterocycles. The smallest absolute Gasteiger partial charge is 0.282 e. The Labute approximate surface area is 219 Å². The predicted octanol–water partition coefficient (Wildman–Crippen LogP) is 6.68. The lowest BCUT2D eigenvalue weighted by molar-refractivity contribution is 0.326. The highest BCUT2D eigenvalue weighted by Gasteiger charge is 2.19. The monoisotopic (exact) mass is 563 g/mol. The van der Waals surface area contributed by atoms with Gasteiger partial charge in [-0.25, -0.2) is 4.98 Å². The molecule has 2 heterocycles. The van der Waals surface area contributed by atoms with Crippen molar-refractivity contribution < 1.29 is 13.9 Å². The molecule has 0 aliphatic carbocycles. The molecule has 180 valence electrons. The van der Waals surface area contributed by atoms with Crippen molar-refractivity contribution in [2.24, 2.45) is 5.10 Å². The van der Waals surface area contributed by atoms with E-state index in [0.717, 1.165) is 5.39 Å². The van der Waals surface area contributed by atoms with Gasteiger partial charge < -0.3 is 13.9 Å². The highest BCUT2D eigenvalue weighted by atomic mass is 79.9. The zero-order valence-corrected chi connectivity index (χ0v) is 21.4. The molecule has 0 bridgehead atoms. The fourth-order valence-corrected chi connectivity index (χ4v) is 4.38. The lowest BCUT2D eigenvalue weighted by atomic mass is 10.2. The van der Waals surface area contributed by atoms with Crippen LogP contribution in [0.25, 0.3) is 33.5 Å². The van der Waals surface area contributed by atoms with Crippen molar-refractivity contribution >= 4 is 55.6 Å². The zero-order valence-electron chi connectivity index (χ0n) is 19.1. The van der Waals surface area contributed by atoms with Crippen molar-refractivity contribution in [1.82, 2.24) is 9.66 Å². The van der Waals surface area contributed by atoms with Crippen LogP contribution in [-0.2, 0) is 0 Å². The Kier molecular flexibility index (Phi) is 6.63.